The molecule has 0 radical (unpaired) electrons. The molecule has 0 saturated heterocycles. The molecule has 0 bridgehead atoms. The molecule has 0 amide bonds. The van der Waals surface area contributed by atoms with Gasteiger partial charge in [-0.2, -0.15) is 0 Å². The molecule has 4 N–H and O–H groups in total. The zero-order valence-electron chi connectivity index (χ0n) is 18.5. The van der Waals surface area contributed by atoms with Gasteiger partial charge in [0.15, 0.2) is 0 Å². The number of aliphatic hydroxyl groups is 3. The van der Waals surface area contributed by atoms with E-state index >= 15 is 0 Å². The lowest BCUT2D eigenvalue weighted by atomic mass is 9.43. The van der Waals surface area contributed by atoms with Gasteiger partial charge in [0.2, 0.25) is 0 Å². The Morgan fingerprint density at radius 3 is 2.59 bits per heavy atom. The van der Waals surface area contributed by atoms with E-state index in [9.17, 15) is 15.3 Å². The van der Waals surface area contributed by atoms with Crippen LogP contribution in [-0.2, 0) is 0 Å². The van der Waals surface area contributed by atoms with Gasteiger partial charge in [-0.25, -0.2) is 0 Å². The Hall–Kier alpha value is -1.00. The quantitative estimate of drug-likeness (QED) is 0.533. The summed E-state index contributed by atoms with van der Waals surface area (Å²) in [6.07, 6.45) is 7.92. The molecule has 29 heavy (non-hydrogen) atoms. The summed E-state index contributed by atoms with van der Waals surface area (Å²) in [7, 11) is 2.04. The molecule has 162 valence electrons. The van der Waals surface area contributed by atoms with Gasteiger partial charge < -0.3 is 20.6 Å². The number of allylic oxidation sites excluding steroid dienone is 4. The second-order valence-electron chi connectivity index (χ2n) is 11.4. The Bertz CT molecular complexity index is 759. The smallest absolute Gasteiger partial charge is 0.0886 e. The van der Waals surface area contributed by atoms with Crippen LogP contribution in [0, 0.1) is 46.3 Å². The minimum atomic E-state index is -0.342. The van der Waals surface area contributed by atoms with E-state index < -0.39 is 0 Å². The number of rotatable bonds is 1. The predicted molar refractivity (Wildman–Crippen MR) is 114 cm³/mol. The second kappa shape index (κ2) is 6.50. The van der Waals surface area contributed by atoms with E-state index in [4.69, 9.17) is 0 Å². The zero-order valence-corrected chi connectivity index (χ0v) is 18.5. The molecule has 0 aromatic carbocycles. The van der Waals surface area contributed by atoms with Crippen LogP contribution in [0.15, 0.2) is 23.1 Å². The van der Waals surface area contributed by atoms with Crippen LogP contribution in [0.1, 0.15) is 65.7 Å². The molecule has 0 aromatic heterocycles. The van der Waals surface area contributed by atoms with E-state index in [2.05, 4.69) is 26.1 Å². The first-order valence-electron chi connectivity index (χ1n) is 11.9. The highest BCUT2D eigenvalue weighted by Crippen LogP contribution is 2.70. The van der Waals surface area contributed by atoms with E-state index in [1.54, 1.807) is 5.57 Å². The third kappa shape index (κ3) is 2.51. The van der Waals surface area contributed by atoms with Gasteiger partial charge in [-0.3, -0.25) is 0 Å². The molecule has 0 spiro atoms. The van der Waals surface area contributed by atoms with Gasteiger partial charge in [-0.05, 0) is 91.1 Å². The maximum Gasteiger partial charge on any atom is 0.0886 e. The van der Waals surface area contributed by atoms with Crippen LogP contribution in [0.4, 0.5) is 0 Å². The summed E-state index contributed by atoms with van der Waals surface area (Å²) in [5.74, 6) is 2.63. The van der Waals surface area contributed by atoms with Gasteiger partial charge in [0.05, 0.1) is 18.0 Å². The Morgan fingerprint density at radius 2 is 1.86 bits per heavy atom. The van der Waals surface area contributed by atoms with Crippen LogP contribution in [0.3, 0.4) is 0 Å². The molecule has 0 heterocycles. The van der Waals surface area contributed by atoms with Crippen LogP contribution < -0.4 is 5.32 Å². The molecular weight excluding hydrogens is 362 g/mol. The van der Waals surface area contributed by atoms with E-state index in [1.807, 2.05) is 13.1 Å². The molecule has 6 unspecified atom stereocenters. The van der Waals surface area contributed by atoms with Gasteiger partial charge >= 0.3 is 0 Å². The van der Waals surface area contributed by atoms with Crippen molar-refractivity contribution in [3.05, 3.63) is 23.1 Å². The highest BCUT2D eigenvalue weighted by molar-refractivity contribution is 5.32. The van der Waals surface area contributed by atoms with Crippen molar-refractivity contribution in [2.24, 2.45) is 46.3 Å². The third-order valence-electron chi connectivity index (χ3n) is 10.5. The van der Waals surface area contributed by atoms with Crippen LogP contribution in [0.2, 0.25) is 0 Å². The van der Waals surface area contributed by atoms with Crippen molar-refractivity contribution in [3.8, 4) is 0 Å². The molecule has 10 atom stereocenters. The molecule has 4 heteroatoms. The predicted octanol–water partition coefficient (Wildman–Crippen LogP) is 4.15. The number of fused-ring (bicyclic) bond motifs is 7. The summed E-state index contributed by atoms with van der Waals surface area (Å²) in [5.41, 5.74) is 2.86. The average Bonchev–Trinajstić information content (AvgIpc) is 3.00. The molecular formula is C25H39NO3. The molecule has 0 aliphatic heterocycles. The molecule has 3 fully saturated rings. The Labute approximate surface area is 175 Å². The molecule has 5 aliphatic rings. The van der Waals surface area contributed by atoms with Gasteiger partial charge in [-0.1, -0.05) is 20.8 Å². The summed E-state index contributed by atoms with van der Waals surface area (Å²) < 4.78 is 0. The van der Waals surface area contributed by atoms with Crippen molar-refractivity contribution in [1.29, 1.82) is 0 Å². The maximum absolute atomic E-state index is 11.6. The first-order valence-corrected chi connectivity index (χ1v) is 11.9. The first kappa shape index (κ1) is 19.9. The number of nitrogens with one attached hydrogen (secondary N) is 1. The fraction of sp³-hybridized carbons (Fsp3) is 0.840. The number of aliphatic hydroxyl groups excluding tert-OH is 3. The largest absolute Gasteiger partial charge is 0.513 e. The molecule has 4 nitrogen and oxygen atoms in total. The lowest BCUT2D eigenvalue weighted by molar-refractivity contribution is -0.191. The highest BCUT2D eigenvalue weighted by atomic mass is 16.3. The van der Waals surface area contributed by atoms with Crippen molar-refractivity contribution < 1.29 is 15.3 Å². The molecule has 0 aromatic rings. The number of hydrogen-bond acceptors (Lipinski definition) is 4. The van der Waals surface area contributed by atoms with Gasteiger partial charge in [0.1, 0.15) is 0 Å². The van der Waals surface area contributed by atoms with Gasteiger partial charge in [-0.15, -0.1) is 0 Å². The fourth-order valence-electron chi connectivity index (χ4n) is 8.93. The summed E-state index contributed by atoms with van der Waals surface area (Å²) in [5, 5.41) is 36.6. The summed E-state index contributed by atoms with van der Waals surface area (Å²) in [6.45, 7) is 7.06. The molecule has 5 rings (SSSR count). The average molecular weight is 402 g/mol. The minimum absolute atomic E-state index is 0.0675. The second-order valence-corrected chi connectivity index (χ2v) is 11.4. The number of hydrogen-bond donors (Lipinski definition) is 4. The monoisotopic (exact) mass is 401 g/mol. The SMILES string of the molecule is CNC1=C2CC3C4C(C[C@H](O)[C@]3(C)C2C(C)CC1)[C@@]1(C)CCC(O)=CC1C[C@H]4O. The molecule has 5 aliphatic carbocycles. The van der Waals surface area contributed by atoms with Crippen molar-refractivity contribution in [2.45, 2.75) is 77.9 Å². The maximum atomic E-state index is 11.6. The Morgan fingerprint density at radius 1 is 1.10 bits per heavy atom. The van der Waals surface area contributed by atoms with Crippen LogP contribution in [0.5, 0.6) is 0 Å². The van der Waals surface area contributed by atoms with Crippen molar-refractivity contribution in [2.75, 3.05) is 7.05 Å². The third-order valence-corrected chi connectivity index (χ3v) is 10.5. The van der Waals surface area contributed by atoms with Crippen molar-refractivity contribution in [3.63, 3.8) is 0 Å². The molecule has 3 saturated carbocycles. The normalized spacial score (nSPS) is 54.1. The van der Waals surface area contributed by atoms with E-state index in [-0.39, 0.29) is 34.9 Å². The van der Waals surface area contributed by atoms with E-state index in [1.165, 1.54) is 12.1 Å². The lowest BCUT2D eigenvalue weighted by Crippen LogP contribution is -2.61. The van der Waals surface area contributed by atoms with E-state index in [0.29, 0.717) is 29.4 Å². The summed E-state index contributed by atoms with van der Waals surface area (Å²) in [4.78, 5) is 0. The van der Waals surface area contributed by atoms with Gasteiger partial charge in [0.25, 0.3) is 0 Å². The van der Waals surface area contributed by atoms with Crippen LogP contribution in [-0.4, -0.2) is 34.6 Å². The summed E-state index contributed by atoms with van der Waals surface area (Å²) in [6, 6.07) is 0. The van der Waals surface area contributed by atoms with E-state index in [0.717, 1.165) is 38.5 Å². The highest BCUT2D eigenvalue weighted by Gasteiger charge is 2.67. The van der Waals surface area contributed by atoms with Gasteiger partial charge in [0, 0.05) is 24.6 Å². The zero-order chi connectivity index (χ0) is 20.7. The Balaban J connectivity index is 1.59. The lowest BCUT2D eigenvalue weighted by Gasteiger charge is -2.62. The fourth-order valence-corrected chi connectivity index (χ4v) is 8.93. The van der Waals surface area contributed by atoms with Crippen LogP contribution in [0.25, 0.3) is 0 Å². The Kier molecular flexibility index (Phi) is 4.47. The van der Waals surface area contributed by atoms with Crippen molar-refractivity contribution >= 4 is 0 Å². The standard InChI is InChI=1S/C25H39NO3/c1-13-5-6-19(26-4)16-11-18-22-17(12-21(29)25(18,3)23(13)16)24(2)8-7-15(27)9-14(24)10-20(22)28/h9,13-14,17-18,20-23,26-29H,5-8,10-12H2,1-4H3/t13?,14?,17?,18?,20-,21+,22?,23?,24+,25-/m1/s1. The topological polar surface area (TPSA) is 72.7 Å². The minimum Gasteiger partial charge on any atom is -0.513 e. The van der Waals surface area contributed by atoms with Crippen LogP contribution >= 0.6 is 0 Å². The van der Waals surface area contributed by atoms with Crippen molar-refractivity contribution in [1.82, 2.24) is 5.32 Å². The first-order chi connectivity index (χ1) is 13.7. The summed E-state index contributed by atoms with van der Waals surface area (Å²) >= 11 is 0.